The quantitative estimate of drug-likeness (QED) is 0.941. The SMILES string of the molecule is Cc1scc(C(=O)NC(Cn2cccn2)C(C)(C)C)c1C. The maximum atomic E-state index is 12.5. The second kappa shape index (κ2) is 6.02. The highest BCUT2D eigenvalue weighted by Crippen LogP contribution is 2.24. The molecule has 0 saturated carbocycles. The Morgan fingerprint density at radius 3 is 2.62 bits per heavy atom. The first kappa shape index (κ1) is 15.8. The summed E-state index contributed by atoms with van der Waals surface area (Å²) in [7, 11) is 0. The largest absolute Gasteiger partial charge is 0.347 e. The molecule has 21 heavy (non-hydrogen) atoms. The van der Waals surface area contributed by atoms with Crippen molar-refractivity contribution in [3.8, 4) is 0 Å². The van der Waals surface area contributed by atoms with E-state index in [-0.39, 0.29) is 17.4 Å². The summed E-state index contributed by atoms with van der Waals surface area (Å²) in [6.07, 6.45) is 3.68. The normalized spacial score (nSPS) is 13.2. The summed E-state index contributed by atoms with van der Waals surface area (Å²) < 4.78 is 1.86. The minimum atomic E-state index is -0.0411. The summed E-state index contributed by atoms with van der Waals surface area (Å²) in [6, 6.07) is 1.91. The fraction of sp³-hybridized carbons (Fsp3) is 0.500. The smallest absolute Gasteiger partial charge is 0.252 e. The van der Waals surface area contributed by atoms with Crippen molar-refractivity contribution >= 4 is 17.2 Å². The molecule has 0 spiro atoms. The molecule has 0 aromatic carbocycles. The topological polar surface area (TPSA) is 46.9 Å². The highest BCUT2D eigenvalue weighted by molar-refractivity contribution is 7.10. The second-order valence-electron chi connectivity index (χ2n) is 6.45. The lowest BCUT2D eigenvalue weighted by atomic mass is 9.86. The fourth-order valence-electron chi connectivity index (χ4n) is 2.11. The number of rotatable bonds is 4. The van der Waals surface area contributed by atoms with E-state index < -0.39 is 0 Å². The zero-order valence-electron chi connectivity index (χ0n) is 13.3. The zero-order chi connectivity index (χ0) is 15.6. The van der Waals surface area contributed by atoms with Crippen LogP contribution in [-0.2, 0) is 6.54 Å². The molecule has 1 unspecified atom stereocenters. The lowest BCUT2D eigenvalue weighted by Gasteiger charge is -2.31. The summed E-state index contributed by atoms with van der Waals surface area (Å²) in [4.78, 5) is 13.7. The molecule has 1 atom stereocenters. The summed E-state index contributed by atoms with van der Waals surface area (Å²) in [5, 5.41) is 9.35. The van der Waals surface area contributed by atoms with Crippen molar-refractivity contribution in [1.29, 1.82) is 0 Å². The number of amides is 1. The highest BCUT2D eigenvalue weighted by Gasteiger charge is 2.28. The van der Waals surface area contributed by atoms with Crippen LogP contribution in [0.5, 0.6) is 0 Å². The van der Waals surface area contributed by atoms with Gasteiger partial charge in [-0.15, -0.1) is 11.3 Å². The third-order valence-electron chi connectivity index (χ3n) is 3.81. The van der Waals surface area contributed by atoms with Gasteiger partial charge in [0.05, 0.1) is 18.2 Å². The summed E-state index contributed by atoms with van der Waals surface area (Å²) in [5.41, 5.74) is 1.82. The number of hydrogen-bond donors (Lipinski definition) is 1. The van der Waals surface area contributed by atoms with Crippen molar-refractivity contribution in [2.75, 3.05) is 0 Å². The zero-order valence-corrected chi connectivity index (χ0v) is 14.1. The Kier molecular flexibility index (Phi) is 4.52. The molecule has 1 amide bonds. The Hall–Kier alpha value is -1.62. The maximum absolute atomic E-state index is 12.5. The van der Waals surface area contributed by atoms with Crippen LogP contribution in [0.1, 0.15) is 41.6 Å². The Morgan fingerprint density at radius 2 is 2.14 bits per heavy atom. The molecule has 0 bridgehead atoms. The van der Waals surface area contributed by atoms with E-state index in [4.69, 9.17) is 0 Å². The van der Waals surface area contributed by atoms with Crippen molar-refractivity contribution in [3.05, 3.63) is 39.8 Å². The standard InChI is InChI=1S/C16H23N3OS/c1-11-12(2)21-10-13(11)15(20)18-14(16(3,4)5)9-19-8-6-7-17-19/h6-8,10,14H,9H2,1-5H3,(H,18,20). The third-order valence-corrected chi connectivity index (χ3v) is 4.82. The first-order chi connectivity index (χ1) is 9.79. The van der Waals surface area contributed by atoms with E-state index in [1.54, 1.807) is 17.5 Å². The van der Waals surface area contributed by atoms with Crippen molar-refractivity contribution in [1.82, 2.24) is 15.1 Å². The van der Waals surface area contributed by atoms with Crippen molar-refractivity contribution < 1.29 is 4.79 Å². The van der Waals surface area contributed by atoms with Gasteiger partial charge < -0.3 is 5.32 Å². The minimum Gasteiger partial charge on any atom is -0.347 e. The molecule has 2 aromatic rings. The molecule has 0 aliphatic carbocycles. The molecule has 0 radical (unpaired) electrons. The van der Waals surface area contributed by atoms with Crippen molar-refractivity contribution in [3.63, 3.8) is 0 Å². The lowest BCUT2D eigenvalue weighted by molar-refractivity contribution is 0.0890. The summed E-state index contributed by atoms with van der Waals surface area (Å²) in [5.74, 6) is 0.00364. The minimum absolute atomic E-state index is 0.00364. The van der Waals surface area contributed by atoms with Gasteiger partial charge in [0, 0.05) is 22.7 Å². The van der Waals surface area contributed by atoms with Crippen LogP contribution in [0.25, 0.3) is 0 Å². The van der Waals surface area contributed by atoms with Gasteiger partial charge in [0.15, 0.2) is 0 Å². The second-order valence-corrected chi connectivity index (χ2v) is 7.53. The van der Waals surface area contributed by atoms with Crippen LogP contribution in [0.3, 0.4) is 0 Å². The molecular formula is C16H23N3OS. The van der Waals surface area contributed by atoms with Gasteiger partial charge >= 0.3 is 0 Å². The van der Waals surface area contributed by atoms with Crippen LogP contribution in [0.2, 0.25) is 0 Å². The number of nitrogens with one attached hydrogen (secondary N) is 1. The fourth-order valence-corrected chi connectivity index (χ4v) is 2.97. The van der Waals surface area contributed by atoms with Gasteiger partial charge in [-0.25, -0.2) is 0 Å². The molecule has 0 fully saturated rings. The first-order valence-corrected chi connectivity index (χ1v) is 8.00. The molecule has 2 rings (SSSR count). The molecule has 1 N–H and O–H groups in total. The average Bonchev–Trinajstić information content (AvgIpc) is 2.99. The number of thiophene rings is 1. The monoisotopic (exact) mass is 305 g/mol. The number of carbonyl (C=O) groups excluding carboxylic acids is 1. The molecule has 4 nitrogen and oxygen atoms in total. The predicted octanol–water partition coefficient (Wildman–Crippen LogP) is 3.41. The van der Waals surface area contributed by atoms with Crippen LogP contribution in [-0.4, -0.2) is 21.7 Å². The Labute approximate surface area is 130 Å². The maximum Gasteiger partial charge on any atom is 0.252 e. The van der Waals surface area contributed by atoms with Crippen molar-refractivity contribution in [2.24, 2.45) is 5.41 Å². The van der Waals surface area contributed by atoms with Crippen LogP contribution in [0.4, 0.5) is 0 Å². The molecule has 114 valence electrons. The van der Waals surface area contributed by atoms with E-state index >= 15 is 0 Å². The van der Waals surface area contributed by atoms with Gasteiger partial charge in [0.2, 0.25) is 0 Å². The van der Waals surface area contributed by atoms with E-state index in [2.05, 4.69) is 31.2 Å². The number of aromatic nitrogens is 2. The molecule has 2 heterocycles. The van der Waals surface area contributed by atoms with E-state index in [9.17, 15) is 4.79 Å². The van der Waals surface area contributed by atoms with Gasteiger partial charge in [0.25, 0.3) is 5.91 Å². The number of aryl methyl sites for hydroxylation is 1. The molecule has 2 aromatic heterocycles. The van der Waals surface area contributed by atoms with E-state index in [1.165, 1.54) is 4.88 Å². The predicted molar refractivity (Wildman–Crippen MR) is 86.7 cm³/mol. The van der Waals surface area contributed by atoms with E-state index in [1.807, 2.05) is 36.2 Å². The van der Waals surface area contributed by atoms with Gasteiger partial charge in [0.1, 0.15) is 0 Å². The highest BCUT2D eigenvalue weighted by atomic mass is 32.1. The number of carbonyl (C=O) groups is 1. The van der Waals surface area contributed by atoms with Gasteiger partial charge in [-0.1, -0.05) is 20.8 Å². The summed E-state index contributed by atoms with van der Waals surface area (Å²) >= 11 is 1.62. The van der Waals surface area contributed by atoms with Crippen LogP contribution in [0.15, 0.2) is 23.8 Å². The van der Waals surface area contributed by atoms with E-state index in [0.29, 0.717) is 6.54 Å². The molecule has 0 saturated heterocycles. The Bertz CT molecular complexity index is 608. The van der Waals surface area contributed by atoms with Crippen LogP contribution >= 0.6 is 11.3 Å². The average molecular weight is 305 g/mol. The van der Waals surface area contributed by atoms with Crippen LogP contribution in [0, 0.1) is 19.3 Å². The van der Waals surface area contributed by atoms with Crippen molar-refractivity contribution in [2.45, 2.75) is 47.2 Å². The lowest BCUT2D eigenvalue weighted by Crippen LogP contribution is -2.46. The van der Waals surface area contributed by atoms with Gasteiger partial charge in [-0.2, -0.15) is 5.10 Å². The first-order valence-electron chi connectivity index (χ1n) is 7.12. The van der Waals surface area contributed by atoms with E-state index in [0.717, 1.165) is 11.1 Å². The molecule has 0 aliphatic heterocycles. The number of nitrogens with zero attached hydrogens (tertiary/aromatic N) is 2. The number of hydrogen-bond acceptors (Lipinski definition) is 3. The Morgan fingerprint density at radius 1 is 1.43 bits per heavy atom. The summed E-state index contributed by atoms with van der Waals surface area (Å²) in [6.45, 7) is 11.1. The molecule has 0 aliphatic rings. The third kappa shape index (κ3) is 3.73. The molecular weight excluding hydrogens is 282 g/mol. The van der Waals surface area contributed by atoms with Crippen LogP contribution < -0.4 is 5.32 Å². The van der Waals surface area contributed by atoms with Gasteiger partial charge in [-0.3, -0.25) is 9.48 Å². The van der Waals surface area contributed by atoms with Gasteiger partial charge in [-0.05, 0) is 30.9 Å². The molecule has 5 heteroatoms. The Balaban J connectivity index is 2.15.